The third-order valence-corrected chi connectivity index (χ3v) is 3.18. The smallest absolute Gasteiger partial charge is 0.223 e. The second-order valence-corrected chi connectivity index (χ2v) is 5.17. The maximum Gasteiger partial charge on any atom is 0.223 e. The predicted molar refractivity (Wildman–Crippen MR) is 82.6 cm³/mol. The van der Waals surface area contributed by atoms with E-state index in [0.717, 1.165) is 18.5 Å². The Kier molecular flexibility index (Phi) is 7.73. The van der Waals surface area contributed by atoms with E-state index >= 15 is 0 Å². The van der Waals surface area contributed by atoms with Crippen molar-refractivity contribution in [3.8, 4) is 5.75 Å². The summed E-state index contributed by atoms with van der Waals surface area (Å²) in [5, 5.41) is 6.86. The molecule has 0 saturated heterocycles. The van der Waals surface area contributed by atoms with Gasteiger partial charge in [-0.15, -0.1) is 0 Å². The SMILES string of the molecule is CCCNCc1cc(Cl)cc(Cl)c1OCCC(=O)NC. The summed E-state index contributed by atoms with van der Waals surface area (Å²) in [7, 11) is 1.59. The fraction of sp³-hybridized carbons (Fsp3) is 0.500. The highest BCUT2D eigenvalue weighted by Gasteiger charge is 2.11. The zero-order chi connectivity index (χ0) is 15.0. The Morgan fingerprint density at radius 1 is 1.35 bits per heavy atom. The first-order valence-electron chi connectivity index (χ1n) is 6.60. The van der Waals surface area contributed by atoms with E-state index in [1.54, 1.807) is 13.1 Å². The van der Waals surface area contributed by atoms with Crippen LogP contribution in [0.5, 0.6) is 5.75 Å². The first-order chi connectivity index (χ1) is 9.58. The van der Waals surface area contributed by atoms with Gasteiger partial charge in [-0.05, 0) is 25.1 Å². The second kappa shape index (κ2) is 9.06. The Bertz CT molecular complexity index is 453. The Morgan fingerprint density at radius 2 is 2.10 bits per heavy atom. The van der Waals surface area contributed by atoms with Crippen molar-refractivity contribution < 1.29 is 9.53 Å². The second-order valence-electron chi connectivity index (χ2n) is 4.32. The third kappa shape index (κ3) is 5.57. The number of hydrogen-bond acceptors (Lipinski definition) is 3. The number of halogens is 2. The highest BCUT2D eigenvalue weighted by molar-refractivity contribution is 6.35. The number of nitrogens with one attached hydrogen (secondary N) is 2. The molecule has 0 aliphatic heterocycles. The fourth-order valence-corrected chi connectivity index (χ4v) is 2.27. The van der Waals surface area contributed by atoms with Gasteiger partial charge in [0.1, 0.15) is 5.75 Å². The molecule has 4 nitrogen and oxygen atoms in total. The Morgan fingerprint density at radius 3 is 2.75 bits per heavy atom. The van der Waals surface area contributed by atoms with E-state index < -0.39 is 0 Å². The quantitative estimate of drug-likeness (QED) is 0.724. The Balaban J connectivity index is 2.73. The number of ether oxygens (including phenoxy) is 1. The molecule has 0 unspecified atom stereocenters. The van der Waals surface area contributed by atoms with Crippen molar-refractivity contribution in [2.24, 2.45) is 0 Å². The minimum absolute atomic E-state index is 0.0688. The van der Waals surface area contributed by atoms with Crippen LogP contribution in [0.2, 0.25) is 10.0 Å². The van der Waals surface area contributed by atoms with E-state index in [1.165, 1.54) is 0 Å². The maximum atomic E-state index is 11.2. The van der Waals surface area contributed by atoms with Gasteiger partial charge in [-0.1, -0.05) is 30.1 Å². The molecular formula is C14H20Cl2N2O2. The topological polar surface area (TPSA) is 50.4 Å². The Hall–Kier alpha value is -0.970. The lowest BCUT2D eigenvalue weighted by molar-refractivity contribution is -0.121. The van der Waals surface area contributed by atoms with Gasteiger partial charge in [-0.3, -0.25) is 4.79 Å². The van der Waals surface area contributed by atoms with E-state index in [0.29, 0.717) is 22.3 Å². The minimum atomic E-state index is -0.0688. The van der Waals surface area contributed by atoms with Crippen molar-refractivity contribution in [1.82, 2.24) is 10.6 Å². The lowest BCUT2D eigenvalue weighted by Gasteiger charge is -2.14. The summed E-state index contributed by atoms with van der Waals surface area (Å²) in [5.41, 5.74) is 0.896. The number of benzene rings is 1. The average Bonchev–Trinajstić information content (AvgIpc) is 2.41. The fourth-order valence-electron chi connectivity index (χ4n) is 1.68. The lowest BCUT2D eigenvalue weighted by Crippen LogP contribution is -2.20. The molecule has 1 amide bonds. The summed E-state index contributed by atoms with van der Waals surface area (Å²) in [6, 6.07) is 3.47. The first kappa shape index (κ1) is 17.1. The largest absolute Gasteiger partial charge is 0.491 e. The summed E-state index contributed by atoms with van der Waals surface area (Å²) in [6.45, 7) is 3.91. The molecular weight excluding hydrogens is 299 g/mol. The normalized spacial score (nSPS) is 10.4. The molecule has 6 heteroatoms. The summed E-state index contributed by atoms with van der Waals surface area (Å²) < 4.78 is 5.63. The molecule has 1 rings (SSSR count). The molecule has 0 aromatic heterocycles. The average molecular weight is 319 g/mol. The third-order valence-electron chi connectivity index (χ3n) is 2.68. The van der Waals surface area contributed by atoms with E-state index in [9.17, 15) is 4.79 Å². The monoisotopic (exact) mass is 318 g/mol. The van der Waals surface area contributed by atoms with Crippen LogP contribution >= 0.6 is 23.2 Å². The number of carbonyl (C=O) groups excluding carboxylic acids is 1. The number of amides is 1. The van der Waals surface area contributed by atoms with Crippen LogP contribution in [-0.4, -0.2) is 26.1 Å². The molecule has 0 radical (unpaired) electrons. The van der Waals surface area contributed by atoms with Crippen molar-refractivity contribution in [2.75, 3.05) is 20.2 Å². The molecule has 112 valence electrons. The van der Waals surface area contributed by atoms with Crippen LogP contribution in [0.3, 0.4) is 0 Å². The summed E-state index contributed by atoms with van der Waals surface area (Å²) >= 11 is 12.2. The van der Waals surface area contributed by atoms with Gasteiger partial charge in [0.25, 0.3) is 0 Å². The van der Waals surface area contributed by atoms with Gasteiger partial charge in [-0.25, -0.2) is 0 Å². The highest BCUT2D eigenvalue weighted by atomic mass is 35.5. The van der Waals surface area contributed by atoms with Crippen LogP contribution in [0.1, 0.15) is 25.3 Å². The van der Waals surface area contributed by atoms with Crippen LogP contribution < -0.4 is 15.4 Å². The molecule has 20 heavy (non-hydrogen) atoms. The minimum Gasteiger partial charge on any atom is -0.491 e. The number of rotatable bonds is 8. The predicted octanol–water partition coefficient (Wildman–Crippen LogP) is 3.01. The van der Waals surface area contributed by atoms with Crippen molar-refractivity contribution in [1.29, 1.82) is 0 Å². The van der Waals surface area contributed by atoms with Crippen LogP contribution in [0.15, 0.2) is 12.1 Å². The van der Waals surface area contributed by atoms with Crippen molar-refractivity contribution in [2.45, 2.75) is 26.3 Å². The Labute approximate surface area is 129 Å². The standard InChI is InChI=1S/C14H20Cl2N2O2/c1-3-5-18-9-10-7-11(15)8-12(16)14(10)20-6-4-13(19)17-2/h7-8,18H,3-6,9H2,1-2H3,(H,17,19). The molecule has 1 aromatic rings. The lowest BCUT2D eigenvalue weighted by atomic mass is 10.2. The first-order valence-corrected chi connectivity index (χ1v) is 7.36. The van der Waals surface area contributed by atoms with Gasteiger partial charge in [0.2, 0.25) is 5.91 Å². The molecule has 0 aliphatic rings. The molecule has 0 atom stereocenters. The van der Waals surface area contributed by atoms with Crippen molar-refractivity contribution in [3.63, 3.8) is 0 Å². The molecule has 0 saturated carbocycles. The maximum absolute atomic E-state index is 11.2. The van der Waals surface area contributed by atoms with Gasteiger partial charge >= 0.3 is 0 Å². The molecule has 0 heterocycles. The van der Waals surface area contributed by atoms with Gasteiger partial charge in [0.15, 0.2) is 0 Å². The van der Waals surface area contributed by atoms with Gasteiger partial charge in [-0.2, -0.15) is 0 Å². The zero-order valence-corrected chi connectivity index (χ0v) is 13.3. The van der Waals surface area contributed by atoms with Crippen LogP contribution in [-0.2, 0) is 11.3 Å². The van der Waals surface area contributed by atoms with E-state index in [1.807, 2.05) is 6.07 Å². The van der Waals surface area contributed by atoms with Gasteiger partial charge in [0, 0.05) is 24.2 Å². The van der Waals surface area contributed by atoms with Gasteiger partial charge < -0.3 is 15.4 Å². The van der Waals surface area contributed by atoms with Crippen LogP contribution in [0.4, 0.5) is 0 Å². The molecule has 2 N–H and O–H groups in total. The molecule has 0 fully saturated rings. The van der Waals surface area contributed by atoms with Gasteiger partial charge in [0.05, 0.1) is 18.1 Å². The van der Waals surface area contributed by atoms with Crippen LogP contribution in [0, 0.1) is 0 Å². The number of carbonyl (C=O) groups is 1. The molecule has 0 bridgehead atoms. The zero-order valence-electron chi connectivity index (χ0n) is 11.8. The summed E-state index contributed by atoms with van der Waals surface area (Å²) in [6.07, 6.45) is 1.33. The van der Waals surface area contributed by atoms with E-state index in [4.69, 9.17) is 27.9 Å². The van der Waals surface area contributed by atoms with E-state index in [-0.39, 0.29) is 18.9 Å². The molecule has 0 aliphatic carbocycles. The van der Waals surface area contributed by atoms with Crippen LogP contribution in [0.25, 0.3) is 0 Å². The summed E-state index contributed by atoms with van der Waals surface area (Å²) in [4.78, 5) is 11.2. The van der Waals surface area contributed by atoms with Crippen molar-refractivity contribution >= 4 is 29.1 Å². The number of hydrogen-bond donors (Lipinski definition) is 2. The highest BCUT2D eigenvalue weighted by Crippen LogP contribution is 2.32. The van der Waals surface area contributed by atoms with E-state index in [2.05, 4.69) is 17.6 Å². The molecule has 1 aromatic carbocycles. The van der Waals surface area contributed by atoms with Crippen molar-refractivity contribution in [3.05, 3.63) is 27.7 Å². The summed E-state index contributed by atoms with van der Waals surface area (Å²) in [5.74, 6) is 0.518. The molecule has 0 spiro atoms.